The molecule has 0 bridgehead atoms. The lowest BCUT2D eigenvalue weighted by atomic mass is 10.0. The van der Waals surface area contributed by atoms with Gasteiger partial charge in [0.2, 0.25) is 0 Å². The van der Waals surface area contributed by atoms with E-state index < -0.39 is 5.97 Å². The van der Waals surface area contributed by atoms with Gasteiger partial charge in [0, 0.05) is 24.0 Å². The van der Waals surface area contributed by atoms with E-state index in [0.717, 1.165) is 33.7 Å². The van der Waals surface area contributed by atoms with Crippen molar-refractivity contribution in [1.29, 1.82) is 0 Å². The van der Waals surface area contributed by atoms with Crippen molar-refractivity contribution in [1.82, 2.24) is 4.90 Å². The summed E-state index contributed by atoms with van der Waals surface area (Å²) in [7, 11) is 1.37. The molecule has 1 amide bonds. The molecule has 8 heteroatoms. The molecule has 1 aliphatic rings. The van der Waals surface area contributed by atoms with Crippen molar-refractivity contribution in [3.63, 3.8) is 0 Å². The largest absolute Gasteiger partial charge is 0.465 e. The van der Waals surface area contributed by atoms with Crippen LogP contribution in [0.2, 0.25) is 0 Å². The fraction of sp³-hybridized carbons (Fsp3) is 0.412. The highest BCUT2D eigenvalue weighted by Crippen LogP contribution is 2.38. The van der Waals surface area contributed by atoms with Gasteiger partial charge in [0.05, 0.1) is 21.3 Å². The number of ether oxygens (including phenoxy) is 1. The van der Waals surface area contributed by atoms with Gasteiger partial charge in [0.15, 0.2) is 0 Å². The highest BCUT2D eigenvalue weighted by atomic mass is 79.9. The highest BCUT2D eigenvalue weighted by Gasteiger charge is 2.30. The lowest BCUT2D eigenvalue weighted by Gasteiger charge is -2.30. The number of carbonyl (C=O) groups excluding carboxylic acids is 2. The van der Waals surface area contributed by atoms with Gasteiger partial charge in [-0.3, -0.25) is 9.69 Å². The molecule has 0 spiro atoms. The van der Waals surface area contributed by atoms with Gasteiger partial charge in [-0.05, 0) is 53.9 Å². The number of nitrogens with zero attached hydrogens (tertiary/aromatic N) is 1. The first-order valence-corrected chi connectivity index (χ1v) is 10.4. The lowest BCUT2D eigenvalue weighted by molar-refractivity contribution is 0.0600. The number of amides is 1. The number of rotatable bonds is 4. The predicted octanol–water partition coefficient (Wildman–Crippen LogP) is 4.38. The summed E-state index contributed by atoms with van der Waals surface area (Å²) in [6.07, 6.45) is 0.787. The quantitative estimate of drug-likeness (QED) is 0.713. The Morgan fingerprint density at radius 2 is 2.08 bits per heavy atom. The normalized spacial score (nSPS) is 14.4. The van der Waals surface area contributed by atoms with Crippen molar-refractivity contribution < 1.29 is 14.3 Å². The van der Waals surface area contributed by atoms with Crippen LogP contribution in [0, 0.1) is 0 Å². The molecule has 3 heterocycles. The van der Waals surface area contributed by atoms with Crippen LogP contribution in [0.4, 0.5) is 5.00 Å². The van der Waals surface area contributed by atoms with E-state index in [2.05, 4.69) is 40.0 Å². The Balaban J connectivity index is 1.93. The third-order valence-electron chi connectivity index (χ3n) is 4.23. The number of fused-ring (bicyclic) bond motifs is 1. The van der Waals surface area contributed by atoms with Gasteiger partial charge in [0.25, 0.3) is 5.91 Å². The van der Waals surface area contributed by atoms with E-state index in [1.54, 1.807) is 6.07 Å². The Morgan fingerprint density at radius 1 is 1.32 bits per heavy atom. The second-order valence-electron chi connectivity index (χ2n) is 6.07. The molecule has 2 aromatic rings. The first-order chi connectivity index (χ1) is 11.9. The van der Waals surface area contributed by atoms with E-state index in [4.69, 9.17) is 4.74 Å². The highest BCUT2D eigenvalue weighted by molar-refractivity contribution is 9.11. The zero-order chi connectivity index (χ0) is 18.1. The van der Waals surface area contributed by atoms with Crippen molar-refractivity contribution in [3.05, 3.63) is 36.8 Å². The Bertz CT molecular complexity index is 813. The Labute approximate surface area is 163 Å². The maximum Gasteiger partial charge on any atom is 0.341 e. The molecule has 0 radical (unpaired) electrons. The van der Waals surface area contributed by atoms with Crippen LogP contribution >= 0.6 is 38.6 Å². The Morgan fingerprint density at radius 3 is 2.68 bits per heavy atom. The average molecular weight is 443 g/mol. The number of hydrogen-bond donors (Lipinski definition) is 1. The number of carbonyl (C=O) groups is 2. The van der Waals surface area contributed by atoms with Crippen LogP contribution in [0.1, 0.15) is 44.3 Å². The molecule has 5 nitrogen and oxygen atoms in total. The van der Waals surface area contributed by atoms with Gasteiger partial charge in [-0.2, -0.15) is 0 Å². The van der Waals surface area contributed by atoms with E-state index in [1.165, 1.54) is 29.8 Å². The summed E-state index contributed by atoms with van der Waals surface area (Å²) in [6, 6.07) is 4.04. The minimum absolute atomic E-state index is 0.208. The molecular weight excluding hydrogens is 424 g/mol. The molecule has 134 valence electrons. The van der Waals surface area contributed by atoms with E-state index in [0.29, 0.717) is 21.5 Å². The van der Waals surface area contributed by atoms with Crippen molar-refractivity contribution in [3.8, 4) is 0 Å². The number of esters is 1. The molecule has 0 aliphatic carbocycles. The second-order valence-corrected chi connectivity index (χ2v) is 9.64. The van der Waals surface area contributed by atoms with Crippen LogP contribution in [0.25, 0.3) is 0 Å². The van der Waals surface area contributed by atoms with Crippen LogP contribution < -0.4 is 5.32 Å². The molecule has 3 rings (SSSR count). The lowest BCUT2D eigenvalue weighted by Crippen LogP contribution is -2.35. The van der Waals surface area contributed by atoms with Gasteiger partial charge < -0.3 is 10.1 Å². The number of nitrogens with one attached hydrogen (secondary N) is 1. The monoisotopic (exact) mass is 442 g/mol. The zero-order valence-electron chi connectivity index (χ0n) is 14.2. The number of thiophene rings is 2. The summed E-state index contributed by atoms with van der Waals surface area (Å²) in [4.78, 5) is 28.9. The molecule has 1 N–H and O–H groups in total. The fourth-order valence-corrected chi connectivity index (χ4v) is 5.41. The minimum Gasteiger partial charge on any atom is -0.465 e. The summed E-state index contributed by atoms with van der Waals surface area (Å²) in [6.45, 7) is 6.02. The van der Waals surface area contributed by atoms with Gasteiger partial charge >= 0.3 is 5.97 Å². The summed E-state index contributed by atoms with van der Waals surface area (Å²) in [5, 5.41) is 3.49. The van der Waals surface area contributed by atoms with Crippen molar-refractivity contribution in [2.45, 2.75) is 32.9 Å². The van der Waals surface area contributed by atoms with Crippen LogP contribution in [-0.4, -0.2) is 36.5 Å². The number of anilines is 1. The van der Waals surface area contributed by atoms with Crippen molar-refractivity contribution >= 4 is 55.5 Å². The number of methoxy groups -OCH3 is 1. The molecule has 25 heavy (non-hydrogen) atoms. The second kappa shape index (κ2) is 7.57. The predicted molar refractivity (Wildman–Crippen MR) is 105 cm³/mol. The first kappa shape index (κ1) is 18.6. The fourth-order valence-electron chi connectivity index (χ4n) is 2.87. The van der Waals surface area contributed by atoms with E-state index in [-0.39, 0.29) is 5.91 Å². The molecule has 0 fully saturated rings. The third kappa shape index (κ3) is 3.81. The summed E-state index contributed by atoms with van der Waals surface area (Å²) in [5.74, 6) is -0.599. The van der Waals surface area contributed by atoms with E-state index in [9.17, 15) is 9.59 Å². The average Bonchev–Trinajstić information content (AvgIpc) is 3.16. The maximum absolute atomic E-state index is 12.5. The standard InChI is InChI=1S/C17H19BrN2O3S2/c1-9(2)20-7-6-10-12(8-20)25-16(14(10)17(22)23-3)19-15(21)11-4-5-13(18)24-11/h4-5,9H,6-8H2,1-3H3,(H,19,21). The van der Waals surface area contributed by atoms with E-state index in [1.807, 2.05) is 6.07 Å². The molecule has 0 aromatic carbocycles. The number of hydrogen-bond acceptors (Lipinski definition) is 6. The van der Waals surface area contributed by atoms with Gasteiger partial charge in [0.1, 0.15) is 5.00 Å². The third-order valence-corrected chi connectivity index (χ3v) is 6.98. The maximum atomic E-state index is 12.5. The molecule has 0 unspecified atom stereocenters. The SMILES string of the molecule is COC(=O)c1c(NC(=O)c2ccc(Br)s2)sc2c1CCN(C(C)C)C2. The Kier molecular flexibility index (Phi) is 5.62. The molecule has 0 saturated carbocycles. The topological polar surface area (TPSA) is 58.6 Å². The summed E-state index contributed by atoms with van der Waals surface area (Å²) < 4.78 is 5.86. The molecule has 1 aliphatic heterocycles. The summed E-state index contributed by atoms with van der Waals surface area (Å²) in [5.41, 5.74) is 1.52. The minimum atomic E-state index is -0.391. The van der Waals surface area contributed by atoms with Gasteiger partial charge in [-0.25, -0.2) is 4.79 Å². The molecule has 0 saturated heterocycles. The van der Waals surface area contributed by atoms with Gasteiger partial charge in [-0.1, -0.05) is 0 Å². The van der Waals surface area contributed by atoms with Crippen LogP contribution in [0.3, 0.4) is 0 Å². The van der Waals surface area contributed by atoms with Crippen LogP contribution in [-0.2, 0) is 17.7 Å². The molecule has 2 aromatic heterocycles. The van der Waals surface area contributed by atoms with Crippen LogP contribution in [0.5, 0.6) is 0 Å². The smallest absolute Gasteiger partial charge is 0.341 e. The van der Waals surface area contributed by atoms with Crippen molar-refractivity contribution in [2.75, 3.05) is 19.0 Å². The summed E-state index contributed by atoms with van der Waals surface area (Å²) >= 11 is 6.20. The molecular formula is C17H19BrN2O3S2. The van der Waals surface area contributed by atoms with Crippen LogP contribution in [0.15, 0.2) is 15.9 Å². The molecule has 0 atom stereocenters. The van der Waals surface area contributed by atoms with E-state index >= 15 is 0 Å². The Hall–Kier alpha value is -1.22. The zero-order valence-corrected chi connectivity index (χ0v) is 17.4. The first-order valence-electron chi connectivity index (χ1n) is 7.94. The van der Waals surface area contributed by atoms with Gasteiger partial charge in [-0.15, -0.1) is 22.7 Å². The number of halogens is 1. The van der Waals surface area contributed by atoms with Crippen molar-refractivity contribution in [2.24, 2.45) is 0 Å².